The summed E-state index contributed by atoms with van der Waals surface area (Å²) in [6.45, 7) is 2.18. The van der Waals surface area contributed by atoms with Gasteiger partial charge in [-0.3, -0.25) is 4.79 Å². The van der Waals surface area contributed by atoms with Crippen LogP contribution in [0, 0.1) is 18.8 Å². The summed E-state index contributed by atoms with van der Waals surface area (Å²) in [5.74, 6) is 6.17. The van der Waals surface area contributed by atoms with Crippen molar-refractivity contribution in [1.82, 2.24) is 10.5 Å². The number of rotatable bonds is 4. The lowest BCUT2D eigenvalue weighted by molar-refractivity contribution is 0.0947. The van der Waals surface area contributed by atoms with Gasteiger partial charge in [0.25, 0.3) is 5.91 Å². The Hall–Kier alpha value is -2.58. The van der Waals surface area contributed by atoms with Crippen LogP contribution in [0.15, 0.2) is 34.9 Å². The predicted octanol–water partition coefficient (Wildman–Crippen LogP) is 1.65. The number of carbonyl (C=O) groups excluding carboxylic acids is 1. The van der Waals surface area contributed by atoms with Crippen molar-refractivity contribution in [2.24, 2.45) is 0 Å². The maximum Gasteiger partial charge on any atom is 0.251 e. The van der Waals surface area contributed by atoms with E-state index in [1.165, 1.54) is 0 Å². The first kappa shape index (κ1) is 14.8. The molecule has 2 aromatic rings. The second-order valence-corrected chi connectivity index (χ2v) is 4.47. The van der Waals surface area contributed by atoms with Gasteiger partial charge in [0, 0.05) is 23.6 Å². The summed E-state index contributed by atoms with van der Waals surface area (Å²) in [5, 5.41) is 15.2. The van der Waals surface area contributed by atoms with Crippen molar-refractivity contribution in [3.63, 3.8) is 0 Å². The number of benzene rings is 1. The highest BCUT2D eigenvalue weighted by molar-refractivity contribution is 5.94. The number of hydrogen-bond donors (Lipinski definition) is 2. The Morgan fingerprint density at radius 2 is 2.14 bits per heavy atom. The van der Waals surface area contributed by atoms with Crippen molar-refractivity contribution in [1.29, 1.82) is 0 Å². The third kappa shape index (κ3) is 4.48. The largest absolute Gasteiger partial charge is 0.395 e. The fourth-order valence-corrected chi connectivity index (χ4v) is 1.69. The normalized spacial score (nSPS) is 9.81. The van der Waals surface area contributed by atoms with Crippen molar-refractivity contribution < 1.29 is 14.4 Å². The summed E-state index contributed by atoms with van der Waals surface area (Å²) in [6.07, 6.45) is 0.443. The van der Waals surface area contributed by atoms with Crippen molar-refractivity contribution in [3.8, 4) is 11.8 Å². The van der Waals surface area contributed by atoms with Gasteiger partial charge in [0.2, 0.25) is 0 Å². The quantitative estimate of drug-likeness (QED) is 0.837. The summed E-state index contributed by atoms with van der Waals surface area (Å²) < 4.78 is 5.02. The molecular formula is C16H16N2O3. The van der Waals surface area contributed by atoms with E-state index in [9.17, 15) is 4.79 Å². The molecule has 0 spiro atoms. The van der Waals surface area contributed by atoms with Gasteiger partial charge in [0.1, 0.15) is 0 Å². The number of aryl methyl sites for hydroxylation is 1. The third-order valence-electron chi connectivity index (χ3n) is 2.72. The summed E-state index contributed by atoms with van der Waals surface area (Å²) in [5.41, 5.74) is 2.15. The van der Waals surface area contributed by atoms with E-state index >= 15 is 0 Å². The van der Waals surface area contributed by atoms with Crippen LogP contribution in [0.3, 0.4) is 0 Å². The molecule has 1 heterocycles. The lowest BCUT2D eigenvalue weighted by Crippen LogP contribution is -2.22. The molecule has 0 aliphatic rings. The highest BCUT2D eigenvalue weighted by Gasteiger charge is 2.07. The van der Waals surface area contributed by atoms with Gasteiger partial charge in [-0.2, -0.15) is 0 Å². The molecule has 0 bridgehead atoms. The zero-order chi connectivity index (χ0) is 15.1. The average Bonchev–Trinajstić information content (AvgIpc) is 2.91. The van der Waals surface area contributed by atoms with Gasteiger partial charge in [-0.1, -0.05) is 17.0 Å². The van der Waals surface area contributed by atoms with E-state index in [-0.39, 0.29) is 12.5 Å². The van der Waals surface area contributed by atoms with Gasteiger partial charge < -0.3 is 14.9 Å². The minimum Gasteiger partial charge on any atom is -0.395 e. The Morgan fingerprint density at radius 3 is 2.76 bits per heavy atom. The molecule has 108 valence electrons. The summed E-state index contributed by atoms with van der Waals surface area (Å²) in [6, 6.07) is 8.75. The van der Waals surface area contributed by atoms with E-state index < -0.39 is 0 Å². The molecule has 5 heteroatoms. The molecule has 0 fully saturated rings. The first-order chi connectivity index (χ1) is 10.2. The number of nitrogens with one attached hydrogen (secondary N) is 1. The smallest absolute Gasteiger partial charge is 0.251 e. The summed E-state index contributed by atoms with van der Waals surface area (Å²) in [4.78, 5) is 12.0. The number of aliphatic hydroxyl groups excluding tert-OH is 1. The molecule has 2 rings (SSSR count). The van der Waals surface area contributed by atoms with Gasteiger partial charge in [0.15, 0.2) is 5.76 Å². The molecule has 21 heavy (non-hydrogen) atoms. The second kappa shape index (κ2) is 7.27. The zero-order valence-corrected chi connectivity index (χ0v) is 11.7. The van der Waals surface area contributed by atoms with E-state index in [0.717, 1.165) is 11.3 Å². The highest BCUT2D eigenvalue weighted by atomic mass is 16.5. The fraction of sp³-hybridized carbons (Fsp3) is 0.250. The van der Waals surface area contributed by atoms with Crippen LogP contribution in [0.2, 0.25) is 0 Å². The lowest BCUT2D eigenvalue weighted by atomic mass is 10.1. The molecule has 2 N–H and O–H groups in total. The average molecular weight is 284 g/mol. The minimum absolute atomic E-state index is 0.0502. The van der Waals surface area contributed by atoms with Crippen LogP contribution in [0.1, 0.15) is 33.8 Å². The van der Waals surface area contributed by atoms with Crippen LogP contribution < -0.4 is 5.32 Å². The van der Waals surface area contributed by atoms with E-state index in [1.807, 2.05) is 6.92 Å². The Morgan fingerprint density at radius 1 is 1.38 bits per heavy atom. The fourth-order valence-electron chi connectivity index (χ4n) is 1.69. The van der Waals surface area contributed by atoms with Crippen molar-refractivity contribution >= 4 is 5.91 Å². The third-order valence-corrected chi connectivity index (χ3v) is 2.72. The Kier molecular flexibility index (Phi) is 5.13. The van der Waals surface area contributed by atoms with Crippen LogP contribution in [0.5, 0.6) is 0 Å². The van der Waals surface area contributed by atoms with Crippen molar-refractivity contribution in [3.05, 3.63) is 52.9 Å². The number of hydrogen-bond acceptors (Lipinski definition) is 4. The molecule has 1 amide bonds. The van der Waals surface area contributed by atoms with Gasteiger partial charge in [-0.15, -0.1) is 0 Å². The summed E-state index contributed by atoms with van der Waals surface area (Å²) >= 11 is 0. The predicted molar refractivity (Wildman–Crippen MR) is 77.4 cm³/mol. The topological polar surface area (TPSA) is 75.4 Å². The van der Waals surface area contributed by atoms with Crippen LogP contribution in [0.4, 0.5) is 0 Å². The summed E-state index contributed by atoms with van der Waals surface area (Å²) in [7, 11) is 0. The van der Waals surface area contributed by atoms with Crippen LogP contribution >= 0.6 is 0 Å². The molecule has 1 aromatic carbocycles. The maximum absolute atomic E-state index is 12.0. The Balaban J connectivity index is 1.92. The molecule has 0 atom stereocenters. The number of aliphatic hydroxyl groups is 1. The van der Waals surface area contributed by atoms with Gasteiger partial charge in [-0.05, 0) is 31.2 Å². The van der Waals surface area contributed by atoms with Crippen molar-refractivity contribution in [2.75, 3.05) is 6.61 Å². The van der Waals surface area contributed by atoms with Crippen LogP contribution in [-0.2, 0) is 6.54 Å². The SMILES string of the molecule is Cc1cc(CNC(=O)c2ccc(C#CCCO)cc2)on1. The Bertz CT molecular complexity index is 663. The minimum atomic E-state index is -0.182. The monoisotopic (exact) mass is 284 g/mol. The number of amides is 1. The molecule has 0 saturated heterocycles. The zero-order valence-electron chi connectivity index (χ0n) is 11.7. The standard InChI is InChI=1S/C16H16N2O3/c1-12-10-15(21-18-12)11-17-16(20)14-7-5-13(6-8-14)4-2-3-9-19/h5-8,10,19H,3,9,11H2,1H3,(H,17,20). The van der Waals surface area contributed by atoms with E-state index in [1.54, 1.807) is 30.3 Å². The molecule has 0 aliphatic heterocycles. The van der Waals surface area contributed by atoms with Gasteiger partial charge >= 0.3 is 0 Å². The lowest BCUT2D eigenvalue weighted by Gasteiger charge is -2.02. The molecule has 0 radical (unpaired) electrons. The van der Waals surface area contributed by atoms with Gasteiger partial charge in [0.05, 0.1) is 18.8 Å². The number of nitrogens with zero attached hydrogens (tertiary/aromatic N) is 1. The Labute approximate surface area is 123 Å². The van der Waals surface area contributed by atoms with E-state index in [0.29, 0.717) is 24.3 Å². The molecule has 0 unspecified atom stereocenters. The first-order valence-electron chi connectivity index (χ1n) is 6.59. The number of carbonyl (C=O) groups is 1. The van der Waals surface area contributed by atoms with E-state index in [4.69, 9.17) is 9.63 Å². The maximum atomic E-state index is 12.0. The number of aromatic nitrogens is 1. The first-order valence-corrected chi connectivity index (χ1v) is 6.59. The highest BCUT2D eigenvalue weighted by Crippen LogP contribution is 2.05. The molecule has 0 saturated carbocycles. The van der Waals surface area contributed by atoms with Crippen molar-refractivity contribution in [2.45, 2.75) is 19.9 Å². The molecule has 5 nitrogen and oxygen atoms in total. The van der Waals surface area contributed by atoms with Gasteiger partial charge in [-0.25, -0.2) is 0 Å². The molecule has 0 aliphatic carbocycles. The molecular weight excluding hydrogens is 268 g/mol. The van der Waals surface area contributed by atoms with Crippen LogP contribution in [0.25, 0.3) is 0 Å². The van der Waals surface area contributed by atoms with E-state index in [2.05, 4.69) is 22.3 Å². The molecule has 1 aromatic heterocycles. The second-order valence-electron chi connectivity index (χ2n) is 4.47. The van der Waals surface area contributed by atoms with Crippen LogP contribution in [-0.4, -0.2) is 22.8 Å².